The number of aromatic nitrogens is 4. The van der Waals surface area contributed by atoms with Crippen molar-refractivity contribution in [1.82, 2.24) is 19.5 Å². The Morgan fingerprint density at radius 3 is 2.48 bits per heavy atom. The maximum absolute atomic E-state index is 13.4. The minimum absolute atomic E-state index is 0.0535. The minimum atomic E-state index is -4.70. The van der Waals surface area contributed by atoms with Crippen molar-refractivity contribution in [2.75, 3.05) is 0 Å². The van der Waals surface area contributed by atoms with E-state index in [9.17, 15) is 22.0 Å². The first kappa shape index (κ1) is 15.3. The molecule has 120 valence electrons. The van der Waals surface area contributed by atoms with Crippen LogP contribution in [0.5, 0.6) is 0 Å². The first-order valence-electron chi connectivity index (χ1n) is 6.55. The van der Waals surface area contributed by atoms with Gasteiger partial charge < -0.3 is 4.57 Å². The number of hydrogen-bond donors (Lipinski definition) is 0. The van der Waals surface area contributed by atoms with Crippen LogP contribution >= 0.6 is 0 Å². The van der Waals surface area contributed by atoms with Gasteiger partial charge in [-0.1, -0.05) is 0 Å². The molecule has 0 bridgehead atoms. The number of nitrogens with zero attached hydrogens (tertiary/aromatic N) is 4. The molecule has 9 heteroatoms. The van der Waals surface area contributed by atoms with Gasteiger partial charge in [-0.2, -0.15) is 13.2 Å². The van der Waals surface area contributed by atoms with E-state index in [2.05, 4.69) is 15.0 Å². The molecule has 0 saturated carbocycles. The fourth-order valence-electron chi connectivity index (χ4n) is 2.37. The quantitative estimate of drug-likeness (QED) is 0.672. The molecule has 0 N–H and O–H groups in total. The zero-order valence-corrected chi connectivity index (χ0v) is 11.7. The fourth-order valence-corrected chi connectivity index (χ4v) is 2.37. The van der Waals surface area contributed by atoms with E-state index in [0.717, 1.165) is 24.7 Å². The molecule has 1 aromatic carbocycles. The summed E-state index contributed by atoms with van der Waals surface area (Å²) in [6, 6.07) is 1.75. The maximum Gasteiger partial charge on any atom is 0.434 e. The molecule has 0 aliphatic heterocycles. The number of fused-ring (bicyclic) bond motifs is 1. The highest BCUT2D eigenvalue weighted by Crippen LogP contribution is 2.36. The van der Waals surface area contributed by atoms with Gasteiger partial charge in [-0.25, -0.2) is 23.7 Å². The van der Waals surface area contributed by atoms with Crippen molar-refractivity contribution >= 4 is 11.0 Å². The van der Waals surface area contributed by atoms with E-state index >= 15 is 0 Å². The van der Waals surface area contributed by atoms with Crippen molar-refractivity contribution in [3.63, 3.8) is 0 Å². The van der Waals surface area contributed by atoms with Crippen molar-refractivity contribution in [1.29, 1.82) is 0 Å². The van der Waals surface area contributed by atoms with Gasteiger partial charge in [0.25, 0.3) is 0 Å². The Kier molecular flexibility index (Phi) is 3.50. The molecule has 3 aromatic rings. The highest BCUT2D eigenvalue weighted by molar-refractivity contribution is 5.81. The predicted octanol–water partition coefficient (Wildman–Crippen LogP) is 3.81. The van der Waals surface area contributed by atoms with Crippen LogP contribution in [-0.2, 0) is 12.7 Å². The van der Waals surface area contributed by atoms with E-state index in [4.69, 9.17) is 0 Å². The second kappa shape index (κ2) is 5.25. The summed E-state index contributed by atoms with van der Waals surface area (Å²) in [5.41, 5.74) is -1.26. The van der Waals surface area contributed by atoms with E-state index in [-0.39, 0.29) is 29.0 Å². The van der Waals surface area contributed by atoms with Gasteiger partial charge in [0.05, 0.1) is 16.6 Å². The zero-order valence-electron chi connectivity index (χ0n) is 11.7. The predicted molar refractivity (Wildman–Crippen MR) is 71.4 cm³/mol. The van der Waals surface area contributed by atoms with E-state index < -0.39 is 23.5 Å². The summed E-state index contributed by atoms with van der Waals surface area (Å²) in [4.78, 5) is 10.9. The molecule has 2 heterocycles. The summed E-state index contributed by atoms with van der Waals surface area (Å²) < 4.78 is 67.4. The molecule has 2 aromatic heterocycles. The fraction of sp³-hybridized carbons (Fsp3) is 0.214. The lowest BCUT2D eigenvalue weighted by atomic mass is 10.2. The van der Waals surface area contributed by atoms with Crippen molar-refractivity contribution in [2.24, 2.45) is 0 Å². The van der Waals surface area contributed by atoms with Crippen molar-refractivity contribution in [3.05, 3.63) is 42.0 Å². The van der Waals surface area contributed by atoms with Gasteiger partial charge in [0.15, 0.2) is 17.3 Å². The highest BCUT2D eigenvalue weighted by Gasteiger charge is 2.37. The third-order valence-electron chi connectivity index (χ3n) is 3.33. The van der Waals surface area contributed by atoms with Crippen LogP contribution < -0.4 is 0 Å². The van der Waals surface area contributed by atoms with E-state index in [1.807, 2.05) is 0 Å². The number of benzene rings is 1. The zero-order chi connectivity index (χ0) is 16.8. The number of rotatable bonds is 2. The summed E-state index contributed by atoms with van der Waals surface area (Å²) in [7, 11) is 0. The standard InChI is InChI=1S/C14H9F5N4/c1-2-23-11-4-9(16)8(15)3-10(11)22-13(23)7-5-20-6-21-12(7)14(17,18)19/h3-6H,2H2,1H3. The molecule has 4 nitrogen and oxygen atoms in total. The van der Waals surface area contributed by atoms with Crippen molar-refractivity contribution in [3.8, 4) is 11.4 Å². The smallest absolute Gasteiger partial charge is 0.324 e. The molecule has 0 spiro atoms. The first-order valence-corrected chi connectivity index (χ1v) is 6.55. The van der Waals surface area contributed by atoms with E-state index in [0.29, 0.717) is 0 Å². The number of imidazole rings is 1. The summed E-state index contributed by atoms with van der Waals surface area (Å²) >= 11 is 0. The molecule has 0 atom stereocenters. The topological polar surface area (TPSA) is 43.6 Å². The lowest BCUT2D eigenvalue weighted by molar-refractivity contribution is -0.140. The maximum atomic E-state index is 13.4. The lowest BCUT2D eigenvalue weighted by Crippen LogP contribution is -2.12. The summed E-state index contributed by atoms with van der Waals surface area (Å²) in [5, 5.41) is 0. The van der Waals surface area contributed by atoms with Crippen molar-refractivity contribution in [2.45, 2.75) is 19.6 Å². The molecule has 0 aliphatic carbocycles. The van der Waals surface area contributed by atoms with Gasteiger partial charge in [-0.3, -0.25) is 0 Å². The lowest BCUT2D eigenvalue weighted by Gasteiger charge is -2.11. The number of aryl methyl sites for hydroxylation is 1. The van der Waals surface area contributed by atoms with Gasteiger partial charge in [-0.05, 0) is 6.92 Å². The largest absolute Gasteiger partial charge is 0.434 e. The molecular formula is C14H9F5N4. The molecule has 0 aliphatic rings. The van der Waals surface area contributed by atoms with Crippen LogP contribution in [-0.4, -0.2) is 19.5 Å². The van der Waals surface area contributed by atoms with Crippen LogP contribution in [0, 0.1) is 11.6 Å². The molecule has 3 rings (SSSR count). The molecule has 0 radical (unpaired) electrons. The Balaban J connectivity index is 2.34. The van der Waals surface area contributed by atoms with Crippen LogP contribution in [0.4, 0.5) is 22.0 Å². The molecule has 0 saturated heterocycles. The molecular weight excluding hydrogens is 319 g/mol. The average molecular weight is 328 g/mol. The summed E-state index contributed by atoms with van der Waals surface area (Å²) in [5.74, 6) is -2.32. The van der Waals surface area contributed by atoms with E-state index in [1.54, 1.807) is 6.92 Å². The molecule has 23 heavy (non-hydrogen) atoms. The van der Waals surface area contributed by atoms with Crippen molar-refractivity contribution < 1.29 is 22.0 Å². The Bertz CT molecular complexity index is 885. The third kappa shape index (κ3) is 2.51. The SMILES string of the molecule is CCn1c(-c2cncnc2C(F)(F)F)nc2cc(F)c(F)cc21. The van der Waals surface area contributed by atoms with Gasteiger partial charge in [0.1, 0.15) is 12.2 Å². The molecule has 0 amide bonds. The molecule has 0 fully saturated rings. The second-order valence-corrected chi connectivity index (χ2v) is 4.72. The number of hydrogen-bond acceptors (Lipinski definition) is 3. The van der Waals surface area contributed by atoms with Crippen LogP contribution in [0.15, 0.2) is 24.7 Å². The monoisotopic (exact) mass is 328 g/mol. The van der Waals surface area contributed by atoms with Gasteiger partial charge in [0, 0.05) is 24.9 Å². The number of halogens is 5. The van der Waals surface area contributed by atoms with Crippen LogP contribution in [0.25, 0.3) is 22.4 Å². The minimum Gasteiger partial charge on any atom is -0.324 e. The summed E-state index contributed by atoms with van der Waals surface area (Å²) in [6.07, 6.45) is -2.94. The number of alkyl halides is 3. The first-order chi connectivity index (χ1) is 10.8. The highest BCUT2D eigenvalue weighted by atomic mass is 19.4. The van der Waals surface area contributed by atoms with E-state index in [1.165, 1.54) is 4.57 Å². The van der Waals surface area contributed by atoms with Gasteiger partial charge >= 0.3 is 6.18 Å². The molecule has 0 unspecified atom stereocenters. The van der Waals surface area contributed by atoms with Crippen LogP contribution in [0.1, 0.15) is 12.6 Å². The Morgan fingerprint density at radius 1 is 1.13 bits per heavy atom. The normalized spacial score (nSPS) is 12.1. The van der Waals surface area contributed by atoms with Gasteiger partial charge in [-0.15, -0.1) is 0 Å². The summed E-state index contributed by atoms with van der Waals surface area (Å²) in [6.45, 7) is 1.87. The Morgan fingerprint density at radius 2 is 1.83 bits per heavy atom. The van der Waals surface area contributed by atoms with Crippen LogP contribution in [0.2, 0.25) is 0 Å². The second-order valence-electron chi connectivity index (χ2n) is 4.72. The average Bonchev–Trinajstić information content (AvgIpc) is 2.84. The van der Waals surface area contributed by atoms with Crippen LogP contribution in [0.3, 0.4) is 0 Å². The Hall–Kier alpha value is -2.58. The Labute approximate surface area is 126 Å². The third-order valence-corrected chi connectivity index (χ3v) is 3.33. The van der Waals surface area contributed by atoms with Gasteiger partial charge in [0.2, 0.25) is 0 Å².